The highest BCUT2D eigenvalue weighted by molar-refractivity contribution is 8.22. The number of ether oxygens (including phenoxy) is 1. The molecule has 0 aromatic rings. The molecule has 0 spiro atoms. The molecule has 1 radical (unpaired) electrons. The van der Waals surface area contributed by atoms with Gasteiger partial charge in [0.2, 0.25) is 6.43 Å². The lowest BCUT2D eigenvalue weighted by atomic mass is 10.4. The Morgan fingerprint density at radius 2 is 2.00 bits per heavy atom. The minimum Gasteiger partial charge on any atom is -0.449 e. The van der Waals surface area contributed by atoms with Crippen molar-refractivity contribution in [3.63, 3.8) is 0 Å². The average molecular weight is 247 g/mol. The van der Waals surface area contributed by atoms with Gasteiger partial charge in [-0.15, -0.1) is 0 Å². The van der Waals surface area contributed by atoms with Crippen molar-refractivity contribution in [3.8, 4) is 0 Å². The summed E-state index contributed by atoms with van der Waals surface area (Å²) in [6.07, 6.45) is 1.65. The van der Waals surface area contributed by atoms with Crippen molar-refractivity contribution < 1.29 is 18.3 Å². The predicted molar refractivity (Wildman–Crippen MR) is 62.3 cm³/mol. The van der Waals surface area contributed by atoms with Crippen LogP contribution in [0.4, 0.5) is 8.78 Å². The van der Waals surface area contributed by atoms with Crippen LogP contribution in [0.3, 0.4) is 0 Å². The van der Waals surface area contributed by atoms with Crippen molar-refractivity contribution in [3.05, 3.63) is 41.5 Å². The molecule has 0 fully saturated rings. The fraction of sp³-hybridized carbons (Fsp3) is 0.273. The van der Waals surface area contributed by atoms with Gasteiger partial charge in [-0.2, -0.15) is 10.9 Å². The Morgan fingerprint density at radius 3 is 2.44 bits per heavy atom. The molecular formula is C11H13F2O2S. The molecule has 0 bridgehead atoms. The van der Waals surface area contributed by atoms with Gasteiger partial charge >= 0.3 is 5.97 Å². The van der Waals surface area contributed by atoms with E-state index in [0.29, 0.717) is 0 Å². The van der Waals surface area contributed by atoms with Crippen LogP contribution in [-0.2, 0) is 9.53 Å². The summed E-state index contributed by atoms with van der Waals surface area (Å²) >= 11 is 0. The van der Waals surface area contributed by atoms with Crippen LogP contribution in [0.25, 0.3) is 0 Å². The molecule has 1 atom stereocenters. The quantitative estimate of drug-likeness (QED) is 0.459. The molecule has 5 heteroatoms. The summed E-state index contributed by atoms with van der Waals surface area (Å²) in [6.45, 7) is 4.89. The van der Waals surface area contributed by atoms with Crippen LogP contribution in [0.5, 0.6) is 0 Å². The molecule has 89 valence electrons. The third kappa shape index (κ3) is 3.81. The number of alkyl halides is 2. The fourth-order valence-corrected chi connectivity index (χ4v) is 2.63. The third-order valence-electron chi connectivity index (χ3n) is 1.81. The van der Waals surface area contributed by atoms with Gasteiger partial charge in [0.25, 0.3) is 0 Å². The Kier molecular flexibility index (Phi) is 4.73. The van der Waals surface area contributed by atoms with Gasteiger partial charge in [0.15, 0.2) is 0 Å². The highest BCUT2D eigenvalue weighted by Gasteiger charge is 2.24. The number of hydrogen-bond donors (Lipinski definition) is 1. The Labute approximate surface area is 96.0 Å². The Bertz CT molecular complexity index is 325. The van der Waals surface area contributed by atoms with Crippen LogP contribution in [0.2, 0.25) is 0 Å². The Balaban J connectivity index is 2.63. The van der Waals surface area contributed by atoms with Crippen LogP contribution < -0.4 is 0 Å². The lowest BCUT2D eigenvalue weighted by molar-refractivity contribution is -0.139. The number of rotatable bonds is 5. The SMILES string of the molecule is C=C(C)C(=O)OC([CH]C(F)F)[SH]1C=CC=C1. The van der Waals surface area contributed by atoms with Crippen LogP contribution in [0.1, 0.15) is 6.92 Å². The van der Waals surface area contributed by atoms with Crippen LogP contribution in [0.15, 0.2) is 35.1 Å². The van der Waals surface area contributed by atoms with Gasteiger partial charge in [-0.3, -0.25) is 0 Å². The monoisotopic (exact) mass is 247 g/mol. The first-order chi connectivity index (χ1) is 7.50. The normalized spacial score (nSPS) is 17.9. The number of thiol groups is 1. The second-order valence-corrected chi connectivity index (χ2v) is 5.23. The van der Waals surface area contributed by atoms with E-state index >= 15 is 0 Å². The summed E-state index contributed by atoms with van der Waals surface area (Å²) in [4.78, 5) is 11.3. The number of allylic oxidation sites excluding steroid dienone is 2. The summed E-state index contributed by atoms with van der Waals surface area (Å²) in [6, 6.07) is 0. The molecule has 0 aromatic heterocycles. The molecule has 0 N–H and O–H groups in total. The zero-order valence-corrected chi connectivity index (χ0v) is 9.66. The standard InChI is InChI=1S/C11H13F2O2S/c1-8(2)11(14)15-10(7-9(12)13)16-5-3-4-6-16/h3-7,9-10,16H,1H2,2H3. The lowest BCUT2D eigenvalue weighted by Crippen LogP contribution is -2.20. The summed E-state index contributed by atoms with van der Waals surface area (Å²) in [7, 11) is -0.979. The molecule has 16 heavy (non-hydrogen) atoms. The minimum absolute atomic E-state index is 0.204. The van der Waals surface area contributed by atoms with Gasteiger partial charge in [0.1, 0.15) is 5.44 Å². The zero-order valence-electron chi connectivity index (χ0n) is 8.77. The summed E-state index contributed by atoms with van der Waals surface area (Å²) in [5, 5.41) is 3.54. The average Bonchev–Trinajstić information content (AvgIpc) is 2.68. The topological polar surface area (TPSA) is 26.3 Å². The smallest absolute Gasteiger partial charge is 0.334 e. The van der Waals surface area contributed by atoms with Crippen molar-refractivity contribution >= 4 is 16.9 Å². The molecule has 0 aliphatic carbocycles. The van der Waals surface area contributed by atoms with Gasteiger partial charge in [0.05, 0.1) is 6.42 Å². The Hall–Kier alpha value is -1.10. The molecule has 1 aliphatic heterocycles. The van der Waals surface area contributed by atoms with E-state index in [0.717, 1.165) is 6.42 Å². The largest absolute Gasteiger partial charge is 0.449 e. The predicted octanol–water partition coefficient (Wildman–Crippen LogP) is 2.94. The van der Waals surface area contributed by atoms with Crippen molar-refractivity contribution in [2.45, 2.75) is 18.8 Å². The van der Waals surface area contributed by atoms with E-state index in [9.17, 15) is 13.6 Å². The van der Waals surface area contributed by atoms with Crippen LogP contribution >= 0.6 is 10.9 Å². The van der Waals surface area contributed by atoms with Gasteiger partial charge in [0, 0.05) is 5.57 Å². The van der Waals surface area contributed by atoms with Crippen LogP contribution in [0, 0.1) is 6.42 Å². The Morgan fingerprint density at radius 1 is 1.44 bits per heavy atom. The van der Waals surface area contributed by atoms with E-state index in [1.54, 1.807) is 23.0 Å². The molecule has 0 saturated carbocycles. The maximum atomic E-state index is 12.3. The molecule has 2 nitrogen and oxygen atoms in total. The second kappa shape index (κ2) is 5.84. The fourth-order valence-electron chi connectivity index (χ4n) is 1.05. The highest BCUT2D eigenvalue weighted by Crippen LogP contribution is 2.41. The maximum absolute atomic E-state index is 12.3. The molecule has 0 aromatic carbocycles. The number of carbonyl (C=O) groups excluding carboxylic acids is 1. The maximum Gasteiger partial charge on any atom is 0.334 e. The van der Waals surface area contributed by atoms with Gasteiger partial charge in [-0.05, 0) is 17.7 Å². The summed E-state index contributed by atoms with van der Waals surface area (Å²) in [5.41, 5.74) is -0.677. The van der Waals surface area contributed by atoms with E-state index < -0.39 is 28.7 Å². The van der Waals surface area contributed by atoms with E-state index in [1.807, 2.05) is 0 Å². The minimum atomic E-state index is -2.60. The summed E-state index contributed by atoms with van der Waals surface area (Å²) < 4.78 is 29.5. The van der Waals surface area contributed by atoms with E-state index in [1.165, 1.54) is 6.92 Å². The number of carbonyl (C=O) groups is 1. The first-order valence-electron chi connectivity index (χ1n) is 4.63. The molecule has 0 amide bonds. The van der Waals surface area contributed by atoms with E-state index in [-0.39, 0.29) is 5.57 Å². The van der Waals surface area contributed by atoms with Gasteiger partial charge < -0.3 is 4.74 Å². The number of halogens is 2. The second-order valence-electron chi connectivity index (χ2n) is 3.23. The molecule has 1 aliphatic rings. The first-order valence-corrected chi connectivity index (χ1v) is 6.17. The van der Waals surface area contributed by atoms with Crippen molar-refractivity contribution in [1.82, 2.24) is 0 Å². The molecule has 1 unspecified atom stereocenters. The van der Waals surface area contributed by atoms with Gasteiger partial charge in [-0.1, -0.05) is 18.7 Å². The van der Waals surface area contributed by atoms with Crippen molar-refractivity contribution in [2.24, 2.45) is 0 Å². The molecular weight excluding hydrogens is 234 g/mol. The molecule has 1 rings (SSSR count). The summed E-state index contributed by atoms with van der Waals surface area (Å²) in [5.74, 6) is -0.641. The number of esters is 1. The zero-order chi connectivity index (χ0) is 12.1. The highest BCUT2D eigenvalue weighted by atomic mass is 32.2. The lowest BCUT2D eigenvalue weighted by Gasteiger charge is -2.23. The van der Waals surface area contributed by atoms with Crippen molar-refractivity contribution in [2.75, 3.05) is 0 Å². The molecule has 0 saturated heterocycles. The van der Waals surface area contributed by atoms with E-state index in [4.69, 9.17) is 4.74 Å². The van der Waals surface area contributed by atoms with Crippen molar-refractivity contribution in [1.29, 1.82) is 0 Å². The third-order valence-corrected chi connectivity index (χ3v) is 3.71. The van der Waals surface area contributed by atoms with E-state index in [2.05, 4.69) is 6.58 Å². The van der Waals surface area contributed by atoms with Crippen LogP contribution in [-0.4, -0.2) is 17.8 Å². The first kappa shape index (κ1) is 13.0. The van der Waals surface area contributed by atoms with Gasteiger partial charge in [-0.25, -0.2) is 13.6 Å². The number of hydrogen-bond acceptors (Lipinski definition) is 2. The molecule has 1 heterocycles.